The number of hydrogen-bond acceptors (Lipinski definition) is 2. The lowest BCUT2D eigenvalue weighted by atomic mass is 10.1. The van der Waals surface area contributed by atoms with Crippen molar-refractivity contribution >= 4 is 5.91 Å². The molecular formula is C12H15NO2. The number of carbonyl (C=O) groups is 1. The molecule has 0 radical (unpaired) electrons. The van der Waals surface area contributed by atoms with Crippen LogP contribution >= 0.6 is 0 Å². The van der Waals surface area contributed by atoms with Crippen molar-refractivity contribution in [2.24, 2.45) is 5.73 Å². The van der Waals surface area contributed by atoms with Crippen molar-refractivity contribution in [2.45, 2.75) is 32.3 Å². The zero-order valence-electron chi connectivity index (χ0n) is 8.82. The number of benzene rings is 1. The van der Waals surface area contributed by atoms with Gasteiger partial charge in [0, 0.05) is 6.42 Å². The summed E-state index contributed by atoms with van der Waals surface area (Å²) in [6, 6.07) is 6.24. The number of ether oxygens (including phenoxy) is 1. The molecule has 80 valence electrons. The lowest BCUT2D eigenvalue weighted by Gasteiger charge is -2.07. The third-order valence-electron chi connectivity index (χ3n) is 2.71. The summed E-state index contributed by atoms with van der Waals surface area (Å²) in [7, 11) is 0. The van der Waals surface area contributed by atoms with Crippen molar-refractivity contribution in [2.75, 3.05) is 0 Å². The molecule has 0 bridgehead atoms. The molecule has 1 heterocycles. The Hall–Kier alpha value is -1.51. The van der Waals surface area contributed by atoms with E-state index in [2.05, 4.69) is 25.1 Å². The van der Waals surface area contributed by atoms with Gasteiger partial charge < -0.3 is 10.5 Å². The minimum Gasteiger partial charge on any atom is -0.489 e. The maximum absolute atomic E-state index is 10.8. The van der Waals surface area contributed by atoms with Gasteiger partial charge in [0.15, 0.2) is 0 Å². The minimum absolute atomic E-state index is 0.0652. The number of rotatable bonds is 3. The molecule has 1 aromatic carbocycles. The largest absolute Gasteiger partial charge is 0.489 e. The van der Waals surface area contributed by atoms with Gasteiger partial charge in [0.2, 0.25) is 5.91 Å². The maximum Gasteiger partial charge on any atom is 0.221 e. The van der Waals surface area contributed by atoms with Gasteiger partial charge >= 0.3 is 0 Å². The Kier molecular flexibility index (Phi) is 2.62. The van der Waals surface area contributed by atoms with Crippen LogP contribution in [0.3, 0.4) is 0 Å². The van der Waals surface area contributed by atoms with Crippen molar-refractivity contribution in [1.29, 1.82) is 0 Å². The molecule has 3 heteroatoms. The van der Waals surface area contributed by atoms with Crippen LogP contribution in [0.1, 0.15) is 24.5 Å². The molecule has 15 heavy (non-hydrogen) atoms. The number of primary amides is 1. The molecule has 0 aromatic heterocycles. The number of amides is 1. The van der Waals surface area contributed by atoms with Crippen molar-refractivity contribution in [3.63, 3.8) is 0 Å². The first-order valence-electron chi connectivity index (χ1n) is 5.25. The van der Waals surface area contributed by atoms with Gasteiger partial charge in [-0.25, -0.2) is 0 Å². The fraction of sp³-hybridized carbons (Fsp3) is 0.417. The minimum atomic E-state index is -0.302. The summed E-state index contributed by atoms with van der Waals surface area (Å²) >= 11 is 0. The highest BCUT2D eigenvalue weighted by Crippen LogP contribution is 2.30. The molecule has 0 aliphatic carbocycles. The van der Waals surface area contributed by atoms with Crippen LogP contribution in [0.4, 0.5) is 0 Å². The molecule has 2 rings (SSSR count). The normalized spacial score (nSPS) is 18.3. The molecule has 1 atom stereocenters. The van der Waals surface area contributed by atoms with E-state index < -0.39 is 0 Å². The SMILES string of the molecule is CCc1ccc2c(c1)OC(CC(N)=O)C2. The Morgan fingerprint density at radius 2 is 2.40 bits per heavy atom. The molecule has 1 aliphatic heterocycles. The van der Waals surface area contributed by atoms with Crippen LogP contribution in [0.5, 0.6) is 5.75 Å². The lowest BCUT2D eigenvalue weighted by Crippen LogP contribution is -2.23. The first-order chi connectivity index (χ1) is 7.19. The van der Waals surface area contributed by atoms with Crippen LogP contribution < -0.4 is 10.5 Å². The molecule has 1 aromatic rings. The number of nitrogens with two attached hydrogens (primary N) is 1. The molecule has 1 aliphatic rings. The van der Waals surface area contributed by atoms with E-state index in [9.17, 15) is 4.79 Å². The summed E-state index contributed by atoms with van der Waals surface area (Å²) in [5, 5.41) is 0. The zero-order valence-corrected chi connectivity index (χ0v) is 8.82. The molecule has 2 N–H and O–H groups in total. The number of hydrogen-bond donors (Lipinski definition) is 1. The standard InChI is InChI=1S/C12H15NO2/c1-2-8-3-4-9-6-10(7-12(13)14)15-11(9)5-8/h3-5,10H,2,6-7H2,1H3,(H2,13,14). The average Bonchev–Trinajstić information content (AvgIpc) is 2.57. The molecule has 1 unspecified atom stereocenters. The third-order valence-corrected chi connectivity index (χ3v) is 2.71. The average molecular weight is 205 g/mol. The van der Waals surface area contributed by atoms with Crippen LogP contribution in [0.2, 0.25) is 0 Å². The van der Waals surface area contributed by atoms with Gasteiger partial charge in [-0.05, 0) is 23.6 Å². The molecule has 0 fully saturated rings. The first-order valence-corrected chi connectivity index (χ1v) is 5.25. The fourth-order valence-corrected chi connectivity index (χ4v) is 1.90. The summed E-state index contributed by atoms with van der Waals surface area (Å²) in [4.78, 5) is 10.8. The second-order valence-corrected chi connectivity index (χ2v) is 3.91. The smallest absolute Gasteiger partial charge is 0.221 e. The number of fused-ring (bicyclic) bond motifs is 1. The van der Waals surface area contributed by atoms with E-state index in [1.165, 1.54) is 11.1 Å². The predicted octanol–water partition coefficient (Wildman–Crippen LogP) is 1.43. The van der Waals surface area contributed by atoms with Crippen LogP contribution in [-0.2, 0) is 17.6 Å². The predicted molar refractivity (Wildman–Crippen MR) is 57.8 cm³/mol. The van der Waals surface area contributed by atoms with E-state index in [-0.39, 0.29) is 12.0 Å². The van der Waals surface area contributed by atoms with E-state index in [4.69, 9.17) is 10.5 Å². The Balaban J connectivity index is 2.13. The van der Waals surface area contributed by atoms with Crippen molar-refractivity contribution in [1.82, 2.24) is 0 Å². The van der Waals surface area contributed by atoms with Crippen LogP contribution in [0.15, 0.2) is 18.2 Å². The van der Waals surface area contributed by atoms with Crippen molar-refractivity contribution in [3.8, 4) is 5.75 Å². The van der Waals surface area contributed by atoms with Gasteiger partial charge in [0.1, 0.15) is 11.9 Å². The van der Waals surface area contributed by atoms with Crippen LogP contribution in [-0.4, -0.2) is 12.0 Å². The van der Waals surface area contributed by atoms with Crippen LogP contribution in [0.25, 0.3) is 0 Å². The molecule has 1 amide bonds. The second kappa shape index (κ2) is 3.93. The Morgan fingerprint density at radius 3 is 3.07 bits per heavy atom. The maximum atomic E-state index is 10.8. The molecule has 0 spiro atoms. The molecular weight excluding hydrogens is 190 g/mol. The van der Waals surface area contributed by atoms with E-state index in [0.717, 1.165) is 18.6 Å². The second-order valence-electron chi connectivity index (χ2n) is 3.91. The summed E-state index contributed by atoms with van der Waals surface area (Å²) in [6.45, 7) is 2.11. The van der Waals surface area contributed by atoms with Gasteiger partial charge in [0.05, 0.1) is 6.42 Å². The topological polar surface area (TPSA) is 52.3 Å². The number of aryl methyl sites for hydroxylation is 1. The summed E-state index contributed by atoms with van der Waals surface area (Å²) in [6.07, 6.45) is 2.03. The van der Waals surface area contributed by atoms with E-state index in [1.54, 1.807) is 0 Å². The Labute approximate surface area is 89.2 Å². The van der Waals surface area contributed by atoms with Crippen molar-refractivity contribution < 1.29 is 9.53 Å². The monoisotopic (exact) mass is 205 g/mol. The van der Waals surface area contributed by atoms with E-state index >= 15 is 0 Å². The highest BCUT2D eigenvalue weighted by Gasteiger charge is 2.24. The van der Waals surface area contributed by atoms with Gasteiger partial charge in [-0.15, -0.1) is 0 Å². The van der Waals surface area contributed by atoms with Gasteiger partial charge in [0.25, 0.3) is 0 Å². The molecule has 0 saturated carbocycles. The third kappa shape index (κ3) is 2.12. The first kappa shape index (κ1) is 10.0. The number of carbonyl (C=O) groups excluding carboxylic acids is 1. The molecule has 0 saturated heterocycles. The van der Waals surface area contributed by atoms with Crippen LogP contribution in [0, 0.1) is 0 Å². The Bertz CT molecular complexity index is 387. The highest BCUT2D eigenvalue weighted by molar-refractivity contribution is 5.74. The fourth-order valence-electron chi connectivity index (χ4n) is 1.90. The van der Waals surface area contributed by atoms with Gasteiger partial charge in [-0.2, -0.15) is 0 Å². The lowest BCUT2D eigenvalue weighted by molar-refractivity contribution is -0.119. The summed E-state index contributed by atoms with van der Waals surface area (Å²) in [5.74, 6) is 0.615. The van der Waals surface area contributed by atoms with E-state index in [1.807, 2.05) is 0 Å². The molecule has 3 nitrogen and oxygen atoms in total. The zero-order chi connectivity index (χ0) is 10.8. The van der Waals surface area contributed by atoms with Gasteiger partial charge in [-0.1, -0.05) is 19.1 Å². The van der Waals surface area contributed by atoms with Crippen molar-refractivity contribution in [3.05, 3.63) is 29.3 Å². The highest BCUT2D eigenvalue weighted by atomic mass is 16.5. The summed E-state index contributed by atoms with van der Waals surface area (Å²) in [5.41, 5.74) is 7.58. The van der Waals surface area contributed by atoms with E-state index in [0.29, 0.717) is 6.42 Å². The quantitative estimate of drug-likeness (QED) is 0.811. The Morgan fingerprint density at radius 1 is 1.60 bits per heavy atom. The summed E-state index contributed by atoms with van der Waals surface area (Å²) < 4.78 is 5.66. The van der Waals surface area contributed by atoms with Gasteiger partial charge in [-0.3, -0.25) is 4.79 Å².